The van der Waals surface area contributed by atoms with E-state index in [0.717, 1.165) is 84.2 Å². The van der Waals surface area contributed by atoms with Crippen molar-refractivity contribution in [1.82, 2.24) is 19.6 Å². The fourth-order valence-electron chi connectivity index (χ4n) is 5.91. The Bertz CT molecular complexity index is 840. The van der Waals surface area contributed by atoms with Gasteiger partial charge in [0.1, 0.15) is 0 Å². The van der Waals surface area contributed by atoms with E-state index in [4.69, 9.17) is 27.5 Å². The Balaban J connectivity index is 3.09. The number of ether oxygens (including phenoxy) is 3. The van der Waals surface area contributed by atoms with Crippen molar-refractivity contribution in [1.29, 1.82) is 0 Å². The van der Waals surface area contributed by atoms with E-state index < -0.39 is 8.80 Å². The van der Waals surface area contributed by atoms with Crippen molar-refractivity contribution < 1.29 is 41.9 Å². The monoisotopic (exact) mass is 704 g/mol. The highest BCUT2D eigenvalue weighted by Crippen LogP contribution is 2.19. The molecule has 0 bridgehead atoms. The number of esters is 3. The molecule has 282 valence electrons. The summed E-state index contributed by atoms with van der Waals surface area (Å²) in [6.45, 7) is 23.8. The highest BCUT2D eigenvalue weighted by Gasteiger charge is 2.39. The van der Waals surface area contributed by atoms with Gasteiger partial charge in [0, 0.05) is 71.7 Å². The average molecular weight is 705 g/mol. The van der Waals surface area contributed by atoms with Gasteiger partial charge in [0.15, 0.2) is 0 Å². The minimum atomic E-state index is -2.73. The first kappa shape index (κ1) is 44.4. The Kier molecular flexibility index (Phi) is 26.0. The number of carbonyl (C=O) groups is 3. The maximum atomic E-state index is 12.2. The van der Waals surface area contributed by atoms with Crippen LogP contribution in [0, 0.1) is 0 Å². The van der Waals surface area contributed by atoms with Gasteiger partial charge in [-0.25, -0.2) is 0 Å². The minimum Gasteiger partial charge on any atom is -0.466 e. The van der Waals surface area contributed by atoms with E-state index >= 15 is 0 Å². The number of hydrogen-bond donors (Lipinski definition) is 0. The molecule has 0 radical (unpaired) electrons. The molecule has 0 saturated carbocycles. The van der Waals surface area contributed by atoms with Crippen molar-refractivity contribution in [3.8, 4) is 0 Å². The Labute approximate surface area is 292 Å². The molecule has 0 amide bonds. The Morgan fingerprint density at radius 2 is 0.771 bits per heavy atom. The van der Waals surface area contributed by atoms with Gasteiger partial charge in [-0.05, 0) is 93.5 Å². The van der Waals surface area contributed by atoms with Gasteiger partial charge >= 0.3 is 26.7 Å². The molecule has 1 rings (SSSR count). The lowest BCUT2D eigenvalue weighted by Gasteiger charge is -2.32. The molecule has 1 heterocycles. The molecule has 0 N–H and O–H groups in total. The fraction of sp³-hybridized carbons (Fsp3) is 0.912. The van der Waals surface area contributed by atoms with E-state index in [0.29, 0.717) is 78.5 Å². The van der Waals surface area contributed by atoms with Gasteiger partial charge in [-0.15, -0.1) is 0 Å². The summed E-state index contributed by atoms with van der Waals surface area (Å²) >= 11 is 0. The summed E-state index contributed by atoms with van der Waals surface area (Å²) in [7, 11) is -2.73. The Morgan fingerprint density at radius 1 is 0.458 bits per heavy atom. The number of carbonyl (C=O) groups excluding carboxylic acids is 3. The van der Waals surface area contributed by atoms with Crippen LogP contribution in [0.3, 0.4) is 0 Å². The fourth-order valence-corrected chi connectivity index (χ4v) is 8.50. The Hall–Kier alpha value is -1.65. The van der Waals surface area contributed by atoms with Crippen LogP contribution in [0.1, 0.15) is 80.1 Å². The zero-order valence-corrected chi connectivity index (χ0v) is 32.1. The summed E-state index contributed by atoms with van der Waals surface area (Å²) in [6.07, 6.45) is 3.81. The molecule has 1 aliphatic rings. The third kappa shape index (κ3) is 20.8. The molecule has 1 fully saturated rings. The molecule has 0 aromatic rings. The largest absolute Gasteiger partial charge is 0.500 e. The third-order valence-electron chi connectivity index (χ3n) is 8.22. The van der Waals surface area contributed by atoms with Gasteiger partial charge in [0.05, 0.1) is 39.1 Å². The van der Waals surface area contributed by atoms with Gasteiger partial charge < -0.3 is 47.1 Å². The van der Waals surface area contributed by atoms with Crippen LogP contribution in [0.2, 0.25) is 6.04 Å². The molecule has 48 heavy (non-hydrogen) atoms. The van der Waals surface area contributed by atoms with Crippen LogP contribution in [0.25, 0.3) is 0 Å². The predicted molar refractivity (Wildman–Crippen MR) is 189 cm³/mol. The molecule has 0 aromatic carbocycles. The summed E-state index contributed by atoms with van der Waals surface area (Å²) in [4.78, 5) is 46.2. The number of rotatable bonds is 22. The van der Waals surface area contributed by atoms with E-state index in [1.807, 2.05) is 41.5 Å². The van der Waals surface area contributed by atoms with E-state index in [1.165, 1.54) is 0 Å². The van der Waals surface area contributed by atoms with Crippen LogP contribution in [-0.4, -0.2) is 164 Å². The molecule has 0 unspecified atom stereocenters. The summed E-state index contributed by atoms with van der Waals surface area (Å²) in [5.41, 5.74) is 0. The standard InChI is InChI=1S/C34H68N4O9Si/c1-7-42-32(39)16-24-36-21-14-22-38(26-18-34(41)44-9-3)30-29-37(25-17-33(40)43-8-2)20-13-19-35(27-28-36)23-15-31-48(45-10-4,46-11-5)47-12-6/h7-31H2,1-6H3. The van der Waals surface area contributed by atoms with Crippen molar-refractivity contribution >= 4 is 26.7 Å². The van der Waals surface area contributed by atoms with Crippen LogP contribution in [-0.2, 0) is 41.9 Å². The van der Waals surface area contributed by atoms with E-state index in [-0.39, 0.29) is 17.9 Å². The predicted octanol–water partition coefficient (Wildman–Crippen LogP) is 3.29. The van der Waals surface area contributed by atoms with Crippen molar-refractivity contribution in [3.05, 3.63) is 0 Å². The van der Waals surface area contributed by atoms with Crippen LogP contribution >= 0.6 is 0 Å². The van der Waals surface area contributed by atoms with Crippen LogP contribution in [0.15, 0.2) is 0 Å². The summed E-state index contributed by atoms with van der Waals surface area (Å²) in [6, 6.07) is 0.763. The number of hydrogen-bond acceptors (Lipinski definition) is 13. The van der Waals surface area contributed by atoms with Crippen molar-refractivity contribution in [2.24, 2.45) is 0 Å². The van der Waals surface area contributed by atoms with Gasteiger partial charge in [0.2, 0.25) is 0 Å². The second-order valence-electron chi connectivity index (χ2n) is 11.8. The second-order valence-corrected chi connectivity index (χ2v) is 14.6. The van der Waals surface area contributed by atoms with Crippen LogP contribution in [0.4, 0.5) is 0 Å². The van der Waals surface area contributed by atoms with Gasteiger partial charge in [0.25, 0.3) is 0 Å². The smallest absolute Gasteiger partial charge is 0.466 e. The summed E-state index contributed by atoms with van der Waals surface area (Å²) < 4.78 is 33.9. The molecular formula is C34H68N4O9Si. The first-order valence-electron chi connectivity index (χ1n) is 18.5. The van der Waals surface area contributed by atoms with Crippen molar-refractivity contribution in [2.45, 2.75) is 86.1 Å². The molecule has 14 heteroatoms. The average Bonchev–Trinajstić information content (AvgIpc) is 3.05. The first-order chi connectivity index (χ1) is 23.2. The highest BCUT2D eigenvalue weighted by molar-refractivity contribution is 6.60. The van der Waals surface area contributed by atoms with Gasteiger partial charge in [-0.2, -0.15) is 0 Å². The van der Waals surface area contributed by atoms with E-state index in [9.17, 15) is 14.4 Å². The summed E-state index contributed by atoms with van der Waals surface area (Å²) in [5, 5.41) is 0. The van der Waals surface area contributed by atoms with Gasteiger partial charge in [-0.3, -0.25) is 14.4 Å². The molecule has 13 nitrogen and oxygen atoms in total. The topological polar surface area (TPSA) is 120 Å². The quantitative estimate of drug-likeness (QED) is 0.0933. The van der Waals surface area contributed by atoms with Gasteiger partial charge in [-0.1, -0.05) is 0 Å². The molecular weight excluding hydrogens is 636 g/mol. The van der Waals surface area contributed by atoms with E-state index in [2.05, 4.69) is 19.6 Å². The van der Waals surface area contributed by atoms with Crippen molar-refractivity contribution in [2.75, 3.05) is 118 Å². The second kappa shape index (κ2) is 28.1. The normalized spacial score (nSPS) is 17.1. The van der Waals surface area contributed by atoms with Crippen LogP contribution < -0.4 is 0 Å². The molecule has 0 spiro atoms. The summed E-state index contributed by atoms with van der Waals surface area (Å²) in [5.74, 6) is -0.529. The molecule has 1 aliphatic heterocycles. The molecule has 0 aliphatic carbocycles. The lowest BCUT2D eigenvalue weighted by molar-refractivity contribution is -0.144. The SMILES string of the molecule is CCOC(=O)CCN1CCCN(CCC(=O)OCC)CCN(CCC(=O)OCC)CCCN(CCC[Si](OCC)(OCC)OCC)CC1. The number of nitrogens with zero attached hydrogens (tertiary/aromatic N) is 4. The maximum Gasteiger partial charge on any atom is 0.500 e. The lowest BCUT2D eigenvalue weighted by Crippen LogP contribution is -2.47. The van der Waals surface area contributed by atoms with Crippen molar-refractivity contribution in [3.63, 3.8) is 0 Å². The van der Waals surface area contributed by atoms with Crippen LogP contribution in [0.5, 0.6) is 0 Å². The Morgan fingerprint density at radius 3 is 1.06 bits per heavy atom. The molecule has 0 atom stereocenters. The minimum absolute atomic E-state index is 0.170. The first-order valence-corrected chi connectivity index (χ1v) is 20.5. The zero-order chi connectivity index (χ0) is 35.5. The zero-order valence-electron chi connectivity index (χ0n) is 31.1. The third-order valence-corrected chi connectivity index (χ3v) is 11.4. The van der Waals surface area contributed by atoms with E-state index in [1.54, 1.807) is 0 Å². The molecule has 1 saturated heterocycles. The highest BCUT2D eigenvalue weighted by atomic mass is 28.4. The molecule has 0 aromatic heterocycles. The maximum absolute atomic E-state index is 12.2. The lowest BCUT2D eigenvalue weighted by atomic mass is 10.2.